The van der Waals surface area contributed by atoms with Gasteiger partial charge in [-0.1, -0.05) is 38.1 Å². The van der Waals surface area contributed by atoms with Gasteiger partial charge in [-0.15, -0.1) is 0 Å². The summed E-state index contributed by atoms with van der Waals surface area (Å²) in [5, 5.41) is 21.0. The molecule has 2 aliphatic heterocycles. The van der Waals surface area contributed by atoms with E-state index in [0.717, 1.165) is 24.0 Å². The van der Waals surface area contributed by atoms with Gasteiger partial charge in [-0.25, -0.2) is 0 Å². The second kappa shape index (κ2) is 4.98. The molecular formula is C19H20O4. The van der Waals surface area contributed by atoms with Crippen LogP contribution < -0.4 is 0 Å². The Balaban J connectivity index is 2.02. The molecule has 1 spiro atoms. The summed E-state index contributed by atoms with van der Waals surface area (Å²) >= 11 is 0. The highest BCUT2D eigenvalue weighted by Gasteiger charge is 2.56. The summed E-state index contributed by atoms with van der Waals surface area (Å²) in [6.07, 6.45) is 1.20. The molecule has 2 aliphatic rings. The van der Waals surface area contributed by atoms with Gasteiger partial charge in [0.2, 0.25) is 5.79 Å². The SMILES string of the molecule is CC[C@@H]1OC2(O[C@@H](CC)c3cccc(O)c32)c2c(O)cccc21. The number of aromatic hydroxyl groups is 2. The lowest BCUT2D eigenvalue weighted by molar-refractivity contribution is -0.236. The van der Waals surface area contributed by atoms with Crippen LogP contribution in [0.15, 0.2) is 36.4 Å². The van der Waals surface area contributed by atoms with E-state index in [1.165, 1.54) is 0 Å². The predicted molar refractivity (Wildman–Crippen MR) is 85.2 cm³/mol. The van der Waals surface area contributed by atoms with Crippen LogP contribution in [0.3, 0.4) is 0 Å². The third kappa shape index (κ3) is 1.79. The molecule has 0 saturated heterocycles. The summed E-state index contributed by atoms with van der Waals surface area (Å²) in [5.74, 6) is -0.934. The zero-order chi connectivity index (χ0) is 16.2. The summed E-state index contributed by atoms with van der Waals surface area (Å²) < 4.78 is 12.6. The van der Waals surface area contributed by atoms with Gasteiger partial charge in [0.1, 0.15) is 11.5 Å². The standard InChI is InChI=1S/C19H20O4/c1-3-15-11-7-5-9-13(20)17(11)19(22-15)18-12(16(4-2)23-19)8-6-10-14(18)21/h5-10,15-16,20-21H,3-4H2,1-2H3/t15-,16-,19?/m0/s1. The zero-order valence-electron chi connectivity index (χ0n) is 13.2. The van der Waals surface area contributed by atoms with Crippen LogP contribution in [0.5, 0.6) is 11.5 Å². The second-order valence-electron chi connectivity index (χ2n) is 6.13. The Bertz CT molecular complexity index is 702. The van der Waals surface area contributed by atoms with E-state index < -0.39 is 5.79 Å². The number of ether oxygens (including phenoxy) is 2. The lowest BCUT2D eigenvalue weighted by Crippen LogP contribution is -2.27. The van der Waals surface area contributed by atoms with Gasteiger partial charge in [0.25, 0.3) is 0 Å². The fraction of sp³-hybridized carbons (Fsp3) is 0.368. The van der Waals surface area contributed by atoms with Crippen LogP contribution in [0.1, 0.15) is 61.2 Å². The Labute approximate surface area is 135 Å². The first-order chi connectivity index (χ1) is 11.1. The zero-order valence-corrected chi connectivity index (χ0v) is 13.2. The highest BCUT2D eigenvalue weighted by atomic mass is 16.7. The van der Waals surface area contributed by atoms with Gasteiger partial charge in [-0.2, -0.15) is 0 Å². The number of phenolic OH excluding ortho intramolecular Hbond substituents is 2. The van der Waals surface area contributed by atoms with Crippen LogP contribution in [0.2, 0.25) is 0 Å². The number of hydrogen-bond acceptors (Lipinski definition) is 4. The molecule has 2 atom stereocenters. The molecule has 0 unspecified atom stereocenters. The van der Waals surface area contributed by atoms with Gasteiger partial charge in [0.05, 0.1) is 23.3 Å². The minimum atomic E-state index is -1.22. The van der Waals surface area contributed by atoms with Gasteiger partial charge in [-0.3, -0.25) is 0 Å². The molecule has 4 nitrogen and oxygen atoms in total. The maximum absolute atomic E-state index is 10.5. The van der Waals surface area contributed by atoms with Gasteiger partial charge in [0.15, 0.2) is 0 Å². The Morgan fingerprint density at radius 3 is 1.65 bits per heavy atom. The molecule has 0 aliphatic carbocycles. The van der Waals surface area contributed by atoms with Crippen molar-refractivity contribution < 1.29 is 19.7 Å². The number of fused-ring (bicyclic) bond motifs is 4. The van der Waals surface area contributed by atoms with E-state index in [0.29, 0.717) is 11.1 Å². The molecule has 23 heavy (non-hydrogen) atoms. The van der Waals surface area contributed by atoms with E-state index in [4.69, 9.17) is 9.47 Å². The molecule has 2 heterocycles. The maximum Gasteiger partial charge on any atom is 0.231 e. The lowest BCUT2D eigenvalue weighted by atomic mass is 9.90. The fourth-order valence-electron chi connectivity index (χ4n) is 3.89. The van der Waals surface area contributed by atoms with Crippen LogP contribution in [0.4, 0.5) is 0 Å². The minimum Gasteiger partial charge on any atom is -0.507 e. The van der Waals surface area contributed by atoms with Crippen LogP contribution in [0, 0.1) is 0 Å². The van der Waals surface area contributed by atoms with Gasteiger partial charge in [-0.05, 0) is 36.1 Å². The van der Waals surface area contributed by atoms with E-state index in [2.05, 4.69) is 0 Å². The molecule has 120 valence electrons. The normalized spacial score (nSPS) is 23.9. The summed E-state index contributed by atoms with van der Waals surface area (Å²) in [6, 6.07) is 10.8. The summed E-state index contributed by atoms with van der Waals surface area (Å²) in [6.45, 7) is 4.07. The van der Waals surface area contributed by atoms with Crippen molar-refractivity contribution in [2.75, 3.05) is 0 Å². The number of benzene rings is 2. The average molecular weight is 312 g/mol. The summed E-state index contributed by atoms with van der Waals surface area (Å²) in [5.41, 5.74) is 3.12. The van der Waals surface area contributed by atoms with Crippen molar-refractivity contribution in [3.8, 4) is 11.5 Å². The van der Waals surface area contributed by atoms with E-state index in [1.54, 1.807) is 12.1 Å². The molecule has 4 rings (SSSR count). The Hall–Kier alpha value is -2.04. The Morgan fingerprint density at radius 2 is 1.26 bits per heavy atom. The van der Waals surface area contributed by atoms with E-state index in [9.17, 15) is 10.2 Å². The highest BCUT2D eigenvalue weighted by Crippen LogP contribution is 2.61. The third-order valence-electron chi connectivity index (χ3n) is 4.86. The van der Waals surface area contributed by atoms with Crippen molar-refractivity contribution in [2.24, 2.45) is 0 Å². The van der Waals surface area contributed by atoms with Crippen molar-refractivity contribution in [1.29, 1.82) is 0 Å². The van der Waals surface area contributed by atoms with Crippen LogP contribution >= 0.6 is 0 Å². The van der Waals surface area contributed by atoms with Crippen molar-refractivity contribution in [2.45, 2.75) is 44.7 Å². The molecule has 0 aromatic heterocycles. The number of phenols is 2. The maximum atomic E-state index is 10.5. The third-order valence-corrected chi connectivity index (χ3v) is 4.86. The van der Waals surface area contributed by atoms with Gasteiger partial charge in [0, 0.05) is 0 Å². The first-order valence-electron chi connectivity index (χ1n) is 8.12. The van der Waals surface area contributed by atoms with Crippen molar-refractivity contribution in [3.63, 3.8) is 0 Å². The monoisotopic (exact) mass is 312 g/mol. The molecule has 4 heteroatoms. The van der Waals surface area contributed by atoms with E-state index in [1.807, 2.05) is 38.1 Å². The molecule has 0 radical (unpaired) electrons. The Kier molecular flexibility index (Phi) is 3.15. The smallest absolute Gasteiger partial charge is 0.231 e. The van der Waals surface area contributed by atoms with Crippen molar-refractivity contribution >= 4 is 0 Å². The summed E-state index contributed by atoms with van der Waals surface area (Å²) in [4.78, 5) is 0. The average Bonchev–Trinajstić information content (AvgIpc) is 3.05. The lowest BCUT2D eigenvalue weighted by Gasteiger charge is -2.27. The van der Waals surface area contributed by atoms with Crippen molar-refractivity contribution in [3.05, 3.63) is 58.7 Å². The Morgan fingerprint density at radius 1 is 0.826 bits per heavy atom. The number of rotatable bonds is 2. The molecule has 2 aromatic carbocycles. The highest BCUT2D eigenvalue weighted by molar-refractivity contribution is 5.58. The number of hydrogen-bond donors (Lipinski definition) is 2. The second-order valence-corrected chi connectivity index (χ2v) is 6.13. The fourth-order valence-corrected chi connectivity index (χ4v) is 3.89. The summed E-state index contributed by atoms with van der Waals surface area (Å²) in [7, 11) is 0. The largest absolute Gasteiger partial charge is 0.507 e. The molecule has 0 saturated carbocycles. The van der Waals surface area contributed by atoms with E-state index >= 15 is 0 Å². The van der Waals surface area contributed by atoms with Gasteiger partial charge >= 0.3 is 0 Å². The first-order valence-corrected chi connectivity index (χ1v) is 8.12. The van der Waals surface area contributed by atoms with Crippen molar-refractivity contribution in [1.82, 2.24) is 0 Å². The van der Waals surface area contributed by atoms with Crippen LogP contribution in [0.25, 0.3) is 0 Å². The minimum absolute atomic E-state index is 0.143. The topological polar surface area (TPSA) is 58.9 Å². The molecule has 0 fully saturated rings. The van der Waals surface area contributed by atoms with Gasteiger partial charge < -0.3 is 19.7 Å². The molecule has 2 aromatic rings. The van der Waals surface area contributed by atoms with E-state index in [-0.39, 0.29) is 23.7 Å². The first kappa shape index (κ1) is 14.5. The quantitative estimate of drug-likeness (QED) is 0.870. The molecule has 0 amide bonds. The predicted octanol–water partition coefficient (Wildman–Crippen LogP) is 4.26. The molecule has 0 bridgehead atoms. The molecule has 2 N–H and O–H groups in total. The van der Waals surface area contributed by atoms with Crippen LogP contribution in [-0.2, 0) is 15.3 Å². The molecular weight excluding hydrogens is 292 g/mol. The van der Waals surface area contributed by atoms with Crippen LogP contribution in [-0.4, -0.2) is 10.2 Å².